The van der Waals surface area contributed by atoms with Crippen LogP contribution in [0.25, 0.3) is 0 Å². The normalized spacial score (nSPS) is 28.1. The summed E-state index contributed by atoms with van der Waals surface area (Å²) in [4.78, 5) is 29.6. The Morgan fingerprint density at radius 1 is 1.04 bits per heavy atom. The van der Waals surface area contributed by atoms with E-state index < -0.39 is 0 Å². The second-order valence-corrected chi connectivity index (χ2v) is 7.57. The first kappa shape index (κ1) is 17.5. The van der Waals surface area contributed by atoms with Crippen molar-refractivity contribution < 1.29 is 9.53 Å². The van der Waals surface area contributed by atoms with Gasteiger partial charge in [-0.2, -0.15) is 0 Å². The van der Waals surface area contributed by atoms with E-state index in [2.05, 4.69) is 26.7 Å². The van der Waals surface area contributed by atoms with E-state index in [1.54, 1.807) is 11.2 Å². The molecule has 2 atom stereocenters. The number of hydrogen-bond donors (Lipinski definition) is 0. The van der Waals surface area contributed by atoms with Gasteiger partial charge < -0.3 is 19.4 Å². The zero-order chi connectivity index (χ0) is 18.1. The summed E-state index contributed by atoms with van der Waals surface area (Å²) >= 11 is 0. The van der Waals surface area contributed by atoms with Crippen LogP contribution in [-0.2, 0) is 9.53 Å². The number of carbonyl (C=O) groups excluding carboxylic acids is 1. The minimum atomic E-state index is 0.138. The standard InChI is InChI=1S/C18H28N6O2/c1-14-10-24(11-15(14)22-5-7-26-8-6-22)17-9-16(19-13-20-17)23-4-3-21(2)18(25)12-23/h9,13-15H,3-8,10-12H2,1-2H3. The fourth-order valence-corrected chi connectivity index (χ4v) is 4.16. The lowest BCUT2D eigenvalue weighted by Crippen LogP contribution is -2.48. The Morgan fingerprint density at radius 3 is 2.50 bits per heavy atom. The lowest BCUT2D eigenvalue weighted by atomic mass is 10.0. The average molecular weight is 360 g/mol. The molecule has 0 N–H and O–H groups in total. The monoisotopic (exact) mass is 360 g/mol. The molecule has 8 heteroatoms. The van der Waals surface area contributed by atoms with Crippen LogP contribution in [0.5, 0.6) is 0 Å². The number of aromatic nitrogens is 2. The van der Waals surface area contributed by atoms with E-state index in [1.165, 1.54) is 0 Å². The molecule has 4 rings (SSSR count). The third-order valence-electron chi connectivity index (χ3n) is 5.83. The molecule has 3 fully saturated rings. The number of carbonyl (C=O) groups is 1. The van der Waals surface area contributed by atoms with Crippen LogP contribution in [0.2, 0.25) is 0 Å². The second kappa shape index (κ2) is 7.36. The van der Waals surface area contributed by atoms with Crippen LogP contribution < -0.4 is 9.80 Å². The minimum Gasteiger partial charge on any atom is -0.379 e. The molecule has 142 valence electrons. The topological polar surface area (TPSA) is 65.0 Å². The van der Waals surface area contributed by atoms with E-state index in [0.29, 0.717) is 18.5 Å². The van der Waals surface area contributed by atoms with Crippen molar-refractivity contribution in [3.63, 3.8) is 0 Å². The van der Waals surface area contributed by atoms with Crippen molar-refractivity contribution >= 4 is 17.5 Å². The zero-order valence-corrected chi connectivity index (χ0v) is 15.7. The summed E-state index contributed by atoms with van der Waals surface area (Å²) in [5.74, 6) is 2.54. The highest BCUT2D eigenvalue weighted by atomic mass is 16.5. The number of anilines is 2. The van der Waals surface area contributed by atoms with Gasteiger partial charge in [0.05, 0.1) is 19.8 Å². The summed E-state index contributed by atoms with van der Waals surface area (Å²) in [6.45, 7) is 9.93. The van der Waals surface area contributed by atoms with Gasteiger partial charge in [0.15, 0.2) is 0 Å². The maximum absolute atomic E-state index is 12.0. The molecule has 1 aromatic heterocycles. The van der Waals surface area contributed by atoms with Crippen molar-refractivity contribution in [2.45, 2.75) is 13.0 Å². The first-order valence-corrected chi connectivity index (χ1v) is 9.49. The van der Waals surface area contributed by atoms with Gasteiger partial charge in [-0.3, -0.25) is 9.69 Å². The molecule has 0 bridgehead atoms. The number of nitrogens with zero attached hydrogens (tertiary/aromatic N) is 6. The molecule has 3 aliphatic rings. The predicted octanol–water partition coefficient (Wildman–Crippen LogP) is -0.0881. The van der Waals surface area contributed by atoms with Gasteiger partial charge in [0.25, 0.3) is 0 Å². The van der Waals surface area contributed by atoms with Crippen LogP contribution in [0.3, 0.4) is 0 Å². The minimum absolute atomic E-state index is 0.138. The van der Waals surface area contributed by atoms with Crippen LogP contribution in [0.4, 0.5) is 11.6 Å². The maximum atomic E-state index is 12.0. The molecule has 8 nitrogen and oxygen atoms in total. The molecule has 0 aromatic carbocycles. The SMILES string of the molecule is CC1CN(c2cc(N3CCN(C)C(=O)C3)ncn2)CC1N1CCOCC1. The number of piperazine rings is 1. The molecule has 2 unspecified atom stereocenters. The van der Waals surface area contributed by atoms with Crippen molar-refractivity contribution in [3.8, 4) is 0 Å². The van der Waals surface area contributed by atoms with E-state index in [0.717, 1.165) is 64.1 Å². The molecule has 3 aliphatic heterocycles. The molecule has 0 aliphatic carbocycles. The number of amides is 1. The highest BCUT2D eigenvalue weighted by Crippen LogP contribution is 2.28. The predicted molar refractivity (Wildman–Crippen MR) is 99.4 cm³/mol. The van der Waals surface area contributed by atoms with Crippen molar-refractivity contribution in [1.29, 1.82) is 0 Å². The van der Waals surface area contributed by atoms with Crippen LogP contribution in [0, 0.1) is 5.92 Å². The molecule has 4 heterocycles. The molecule has 0 radical (unpaired) electrons. The Balaban J connectivity index is 1.46. The summed E-state index contributed by atoms with van der Waals surface area (Å²) in [6, 6.07) is 2.58. The first-order valence-electron chi connectivity index (χ1n) is 9.49. The van der Waals surface area contributed by atoms with Crippen LogP contribution in [0.1, 0.15) is 6.92 Å². The highest BCUT2D eigenvalue weighted by Gasteiger charge is 2.35. The Kier molecular flexibility index (Phi) is 4.95. The summed E-state index contributed by atoms with van der Waals surface area (Å²) < 4.78 is 5.49. The van der Waals surface area contributed by atoms with Gasteiger partial charge in [-0.25, -0.2) is 9.97 Å². The van der Waals surface area contributed by atoms with Crippen molar-refractivity contribution in [2.75, 3.05) is 75.9 Å². The van der Waals surface area contributed by atoms with Crippen molar-refractivity contribution in [2.24, 2.45) is 5.92 Å². The van der Waals surface area contributed by atoms with Gasteiger partial charge in [0, 0.05) is 58.4 Å². The Bertz CT molecular complexity index is 650. The molecular weight excluding hydrogens is 332 g/mol. The quantitative estimate of drug-likeness (QED) is 0.746. The van der Waals surface area contributed by atoms with Gasteiger partial charge in [0.1, 0.15) is 18.0 Å². The second-order valence-electron chi connectivity index (χ2n) is 7.57. The van der Waals surface area contributed by atoms with Crippen molar-refractivity contribution in [3.05, 3.63) is 12.4 Å². The third-order valence-corrected chi connectivity index (χ3v) is 5.83. The van der Waals surface area contributed by atoms with E-state index in [1.807, 2.05) is 18.0 Å². The highest BCUT2D eigenvalue weighted by molar-refractivity contribution is 5.82. The fourth-order valence-electron chi connectivity index (χ4n) is 4.16. The van der Waals surface area contributed by atoms with E-state index in [-0.39, 0.29) is 5.91 Å². The van der Waals surface area contributed by atoms with Crippen LogP contribution in [-0.4, -0.2) is 97.8 Å². The van der Waals surface area contributed by atoms with E-state index in [4.69, 9.17) is 4.74 Å². The van der Waals surface area contributed by atoms with E-state index >= 15 is 0 Å². The molecule has 0 saturated carbocycles. The maximum Gasteiger partial charge on any atom is 0.241 e. The average Bonchev–Trinajstić information content (AvgIpc) is 3.06. The fraction of sp³-hybridized carbons (Fsp3) is 0.722. The van der Waals surface area contributed by atoms with Crippen molar-refractivity contribution in [1.82, 2.24) is 19.8 Å². The Hall–Kier alpha value is -1.93. The summed E-state index contributed by atoms with van der Waals surface area (Å²) in [6.07, 6.45) is 1.63. The summed E-state index contributed by atoms with van der Waals surface area (Å²) in [5, 5.41) is 0. The molecular formula is C18H28N6O2. The molecule has 3 saturated heterocycles. The van der Waals surface area contributed by atoms with Gasteiger partial charge >= 0.3 is 0 Å². The summed E-state index contributed by atoms with van der Waals surface area (Å²) in [7, 11) is 1.85. The van der Waals surface area contributed by atoms with Gasteiger partial charge in [-0.15, -0.1) is 0 Å². The number of morpholine rings is 1. The smallest absolute Gasteiger partial charge is 0.241 e. The van der Waals surface area contributed by atoms with Gasteiger partial charge in [-0.1, -0.05) is 6.92 Å². The Labute approximate surface area is 154 Å². The third kappa shape index (κ3) is 3.48. The lowest BCUT2D eigenvalue weighted by molar-refractivity contribution is -0.129. The number of rotatable bonds is 3. The molecule has 1 amide bonds. The van der Waals surface area contributed by atoms with Crippen LogP contribution in [0.15, 0.2) is 12.4 Å². The number of hydrogen-bond acceptors (Lipinski definition) is 7. The zero-order valence-electron chi connectivity index (χ0n) is 15.7. The van der Waals surface area contributed by atoms with Gasteiger partial charge in [-0.05, 0) is 5.92 Å². The van der Waals surface area contributed by atoms with E-state index in [9.17, 15) is 4.79 Å². The summed E-state index contributed by atoms with van der Waals surface area (Å²) in [5.41, 5.74) is 0. The Morgan fingerprint density at radius 2 is 1.77 bits per heavy atom. The largest absolute Gasteiger partial charge is 0.379 e. The number of ether oxygens (including phenoxy) is 1. The van der Waals surface area contributed by atoms with Gasteiger partial charge in [0.2, 0.25) is 5.91 Å². The molecule has 1 aromatic rings. The first-order chi connectivity index (χ1) is 12.6. The molecule has 26 heavy (non-hydrogen) atoms. The lowest BCUT2D eigenvalue weighted by Gasteiger charge is -2.34. The molecule has 0 spiro atoms. The van der Waals surface area contributed by atoms with Crippen LogP contribution >= 0.6 is 0 Å². The number of likely N-dealkylation sites (N-methyl/N-ethyl adjacent to an activating group) is 1.